The number of carbonyl (C=O) groups excluding carboxylic acids is 1. The highest BCUT2D eigenvalue weighted by Crippen LogP contribution is 2.51. The van der Waals surface area contributed by atoms with Gasteiger partial charge in [-0.2, -0.15) is 5.26 Å². The van der Waals surface area contributed by atoms with Crippen molar-refractivity contribution in [2.45, 2.75) is 46.0 Å². The van der Waals surface area contributed by atoms with Crippen LogP contribution in [-0.2, 0) is 11.2 Å². The fraction of sp³-hybridized carbons (Fsp3) is 0.333. The van der Waals surface area contributed by atoms with Crippen LogP contribution in [0.5, 0.6) is 0 Å². The Bertz CT molecular complexity index is 1190. The standard InChI is InChI=1S/C24H23Cl2N3OS/c1-4-14-6-8-20(31-14)21-15(12-27)23(28)29(13-5-7-16(25)17(26)9-13)18-10-24(2,3)11-19(30)22(18)21/h5-9,21H,4,10-11,28H2,1-3H3. The van der Waals surface area contributed by atoms with Crippen molar-refractivity contribution in [3.63, 3.8) is 0 Å². The lowest BCUT2D eigenvalue weighted by molar-refractivity contribution is -0.118. The van der Waals surface area contributed by atoms with Crippen molar-refractivity contribution in [1.82, 2.24) is 0 Å². The van der Waals surface area contributed by atoms with E-state index in [0.717, 1.165) is 17.0 Å². The van der Waals surface area contributed by atoms with Gasteiger partial charge in [0.1, 0.15) is 5.82 Å². The maximum Gasteiger partial charge on any atom is 0.162 e. The minimum absolute atomic E-state index is 0.0630. The van der Waals surface area contributed by atoms with E-state index in [9.17, 15) is 10.1 Å². The van der Waals surface area contributed by atoms with Gasteiger partial charge < -0.3 is 5.73 Å². The second-order valence-electron chi connectivity index (χ2n) is 8.74. The van der Waals surface area contributed by atoms with Gasteiger partial charge in [0.2, 0.25) is 0 Å². The lowest BCUT2D eigenvalue weighted by Gasteiger charge is -2.43. The zero-order valence-electron chi connectivity index (χ0n) is 17.6. The predicted octanol–water partition coefficient (Wildman–Crippen LogP) is 6.56. The third kappa shape index (κ3) is 3.78. The van der Waals surface area contributed by atoms with Crippen LogP contribution in [-0.4, -0.2) is 5.78 Å². The first-order valence-electron chi connectivity index (χ1n) is 10.2. The van der Waals surface area contributed by atoms with Crippen molar-refractivity contribution in [3.8, 4) is 6.07 Å². The highest BCUT2D eigenvalue weighted by Gasteiger charge is 2.45. The van der Waals surface area contributed by atoms with Gasteiger partial charge in [0.25, 0.3) is 0 Å². The number of Topliss-reactive ketones (excluding diaryl/α,β-unsaturated/α-hetero) is 1. The van der Waals surface area contributed by atoms with Crippen molar-refractivity contribution < 1.29 is 4.79 Å². The Morgan fingerprint density at radius 3 is 2.58 bits per heavy atom. The second-order valence-corrected chi connectivity index (χ2v) is 10.8. The number of thiophene rings is 1. The van der Waals surface area contributed by atoms with Crippen LogP contribution in [0.4, 0.5) is 5.69 Å². The van der Waals surface area contributed by atoms with Crippen LogP contribution in [0.25, 0.3) is 0 Å². The average molecular weight is 472 g/mol. The molecule has 2 aromatic rings. The molecule has 1 unspecified atom stereocenters. The Morgan fingerprint density at radius 1 is 1.23 bits per heavy atom. The fourth-order valence-electron chi connectivity index (χ4n) is 4.45. The van der Waals surface area contributed by atoms with Gasteiger partial charge in [-0.3, -0.25) is 9.69 Å². The maximum absolute atomic E-state index is 13.5. The van der Waals surface area contributed by atoms with Gasteiger partial charge in [-0.15, -0.1) is 11.3 Å². The van der Waals surface area contributed by atoms with Crippen LogP contribution in [0.2, 0.25) is 10.0 Å². The number of ketones is 1. The summed E-state index contributed by atoms with van der Waals surface area (Å²) in [5.41, 5.74) is 9.00. The number of rotatable bonds is 3. The van der Waals surface area contributed by atoms with E-state index in [4.69, 9.17) is 28.9 Å². The predicted molar refractivity (Wildman–Crippen MR) is 127 cm³/mol. The number of allylic oxidation sites excluding steroid dienone is 3. The number of benzene rings is 1. The van der Waals surface area contributed by atoms with E-state index < -0.39 is 5.92 Å². The molecule has 7 heteroatoms. The van der Waals surface area contributed by atoms with E-state index in [2.05, 4.69) is 32.9 Å². The first-order chi connectivity index (χ1) is 14.7. The number of anilines is 1. The molecule has 0 bridgehead atoms. The summed E-state index contributed by atoms with van der Waals surface area (Å²) >= 11 is 14.1. The maximum atomic E-state index is 13.5. The minimum atomic E-state index is -0.437. The number of hydrogen-bond acceptors (Lipinski definition) is 5. The summed E-state index contributed by atoms with van der Waals surface area (Å²) in [7, 11) is 0. The molecule has 2 aliphatic rings. The van der Waals surface area contributed by atoms with Crippen LogP contribution in [0.15, 0.2) is 53.0 Å². The summed E-state index contributed by atoms with van der Waals surface area (Å²) in [6.45, 7) is 6.25. The molecule has 1 aromatic heterocycles. The molecule has 0 saturated heterocycles. The summed E-state index contributed by atoms with van der Waals surface area (Å²) in [5.74, 6) is -0.0393. The number of hydrogen-bond donors (Lipinski definition) is 1. The van der Waals surface area contributed by atoms with Gasteiger partial charge >= 0.3 is 0 Å². The van der Waals surface area contributed by atoms with E-state index in [1.807, 2.05) is 17.0 Å². The molecule has 0 saturated carbocycles. The third-order valence-electron chi connectivity index (χ3n) is 5.86. The molecule has 0 radical (unpaired) electrons. The first-order valence-corrected chi connectivity index (χ1v) is 11.7. The van der Waals surface area contributed by atoms with E-state index in [0.29, 0.717) is 45.5 Å². The average Bonchev–Trinajstić information content (AvgIpc) is 3.17. The van der Waals surface area contributed by atoms with Crippen LogP contribution >= 0.6 is 34.5 Å². The fourth-order valence-corrected chi connectivity index (χ4v) is 5.82. The summed E-state index contributed by atoms with van der Waals surface area (Å²) in [6, 6.07) is 11.6. The van der Waals surface area contributed by atoms with Gasteiger partial charge in [-0.1, -0.05) is 44.0 Å². The molecule has 2 N–H and O–H groups in total. The smallest absolute Gasteiger partial charge is 0.162 e. The Kier molecular flexibility index (Phi) is 5.68. The van der Waals surface area contributed by atoms with E-state index in [1.165, 1.54) is 4.88 Å². The molecule has 1 aliphatic carbocycles. The number of halogens is 2. The molecule has 1 aliphatic heterocycles. The summed E-state index contributed by atoms with van der Waals surface area (Å²) in [5, 5.41) is 10.9. The summed E-state index contributed by atoms with van der Waals surface area (Å²) in [6.07, 6.45) is 2.00. The third-order valence-corrected chi connectivity index (χ3v) is 7.89. The topological polar surface area (TPSA) is 70.1 Å². The molecule has 160 valence electrons. The molecule has 2 heterocycles. The molecule has 1 aromatic carbocycles. The number of carbonyl (C=O) groups is 1. The lowest BCUT2D eigenvalue weighted by Crippen LogP contribution is -2.42. The monoisotopic (exact) mass is 471 g/mol. The largest absolute Gasteiger partial charge is 0.384 e. The Hall–Kier alpha value is -2.26. The van der Waals surface area contributed by atoms with Crippen molar-refractivity contribution in [2.75, 3.05) is 4.90 Å². The van der Waals surface area contributed by atoms with Crippen molar-refractivity contribution >= 4 is 46.0 Å². The zero-order valence-corrected chi connectivity index (χ0v) is 20.0. The SMILES string of the molecule is CCc1ccc(C2C(C#N)=C(N)N(c3ccc(Cl)c(Cl)c3)C3=C2C(=O)CC(C)(C)C3)s1. The molecule has 4 rings (SSSR count). The summed E-state index contributed by atoms with van der Waals surface area (Å²) < 4.78 is 0. The van der Waals surface area contributed by atoms with Gasteiger partial charge in [-0.05, 0) is 48.6 Å². The van der Waals surface area contributed by atoms with Gasteiger partial charge in [-0.25, -0.2) is 0 Å². The van der Waals surface area contributed by atoms with Crippen molar-refractivity contribution in [2.24, 2.45) is 11.1 Å². The van der Waals surface area contributed by atoms with Crippen LogP contribution < -0.4 is 10.6 Å². The quantitative estimate of drug-likeness (QED) is 0.549. The number of aryl methyl sites for hydroxylation is 1. The van der Waals surface area contributed by atoms with E-state index >= 15 is 0 Å². The Labute approximate surface area is 196 Å². The van der Waals surface area contributed by atoms with Gasteiger partial charge in [0.15, 0.2) is 5.78 Å². The normalized spacial score (nSPS) is 20.7. The molecule has 0 spiro atoms. The lowest BCUT2D eigenvalue weighted by atomic mass is 9.69. The number of nitriles is 1. The number of nitrogens with two attached hydrogens (primary N) is 1. The molecule has 31 heavy (non-hydrogen) atoms. The van der Waals surface area contributed by atoms with Crippen LogP contribution in [0.3, 0.4) is 0 Å². The number of nitrogens with zero attached hydrogens (tertiary/aromatic N) is 2. The molecular formula is C24H23Cl2N3OS. The molecule has 0 amide bonds. The first kappa shape index (κ1) is 22.0. The van der Waals surface area contributed by atoms with E-state index in [1.54, 1.807) is 23.5 Å². The Morgan fingerprint density at radius 2 is 1.97 bits per heavy atom. The van der Waals surface area contributed by atoms with E-state index in [-0.39, 0.29) is 11.2 Å². The van der Waals surface area contributed by atoms with Crippen LogP contribution in [0.1, 0.15) is 49.3 Å². The molecule has 0 fully saturated rings. The Balaban J connectivity index is 1.99. The van der Waals surface area contributed by atoms with Crippen LogP contribution in [0, 0.1) is 16.7 Å². The van der Waals surface area contributed by atoms with Gasteiger partial charge in [0, 0.05) is 33.1 Å². The van der Waals surface area contributed by atoms with Crippen molar-refractivity contribution in [3.05, 3.63) is 72.8 Å². The minimum Gasteiger partial charge on any atom is -0.384 e. The van der Waals surface area contributed by atoms with Crippen molar-refractivity contribution in [1.29, 1.82) is 5.26 Å². The second kappa shape index (κ2) is 8.02. The highest BCUT2D eigenvalue weighted by atomic mass is 35.5. The summed E-state index contributed by atoms with van der Waals surface area (Å²) in [4.78, 5) is 17.5. The van der Waals surface area contributed by atoms with Gasteiger partial charge in [0.05, 0.1) is 27.6 Å². The molecular weight excluding hydrogens is 449 g/mol. The zero-order chi connectivity index (χ0) is 22.5. The molecule has 1 atom stereocenters. The molecule has 4 nitrogen and oxygen atoms in total. The highest BCUT2D eigenvalue weighted by molar-refractivity contribution is 7.12.